The Bertz CT molecular complexity index is 901. The standard InChI is InChI=1S/C15H9ClN2O3/c16-9-3-5-10(6-4-9)18-8-12(15(20)21)13(19)11-2-1-7-17-14(11)18/h1-8H,(H,20,21). The summed E-state index contributed by atoms with van der Waals surface area (Å²) in [6.45, 7) is 0. The molecule has 5 nitrogen and oxygen atoms in total. The highest BCUT2D eigenvalue weighted by Gasteiger charge is 2.15. The molecule has 0 saturated carbocycles. The van der Waals surface area contributed by atoms with E-state index in [1.807, 2.05) is 0 Å². The molecule has 0 amide bonds. The highest BCUT2D eigenvalue weighted by molar-refractivity contribution is 6.30. The van der Waals surface area contributed by atoms with Gasteiger partial charge in [0.05, 0.1) is 5.39 Å². The number of carboxylic acids is 1. The lowest BCUT2D eigenvalue weighted by Crippen LogP contribution is -2.18. The maximum absolute atomic E-state index is 12.2. The summed E-state index contributed by atoms with van der Waals surface area (Å²) in [6.07, 6.45) is 2.83. The average molecular weight is 301 g/mol. The zero-order chi connectivity index (χ0) is 15.0. The second kappa shape index (κ2) is 5.03. The summed E-state index contributed by atoms with van der Waals surface area (Å²) in [7, 11) is 0. The number of pyridine rings is 2. The van der Waals surface area contributed by atoms with Crippen molar-refractivity contribution in [3.8, 4) is 5.69 Å². The molecule has 3 aromatic rings. The van der Waals surface area contributed by atoms with Crippen LogP contribution in [0.2, 0.25) is 5.02 Å². The van der Waals surface area contributed by atoms with Crippen LogP contribution in [-0.4, -0.2) is 20.6 Å². The third-order valence-electron chi connectivity index (χ3n) is 3.10. The molecule has 0 unspecified atom stereocenters. The largest absolute Gasteiger partial charge is 0.477 e. The van der Waals surface area contributed by atoms with Gasteiger partial charge in [-0.3, -0.25) is 4.79 Å². The Hall–Kier alpha value is -2.66. The van der Waals surface area contributed by atoms with Crippen LogP contribution in [0.4, 0.5) is 0 Å². The van der Waals surface area contributed by atoms with E-state index < -0.39 is 11.4 Å². The molecule has 0 bridgehead atoms. The van der Waals surface area contributed by atoms with Crippen LogP contribution in [0.3, 0.4) is 0 Å². The van der Waals surface area contributed by atoms with Crippen LogP contribution in [0.15, 0.2) is 53.6 Å². The second-order valence-electron chi connectivity index (χ2n) is 4.40. The number of rotatable bonds is 2. The number of carboxylic acid groups (broad SMARTS) is 1. The predicted molar refractivity (Wildman–Crippen MR) is 79.3 cm³/mol. The summed E-state index contributed by atoms with van der Waals surface area (Å²) >= 11 is 5.86. The van der Waals surface area contributed by atoms with Crippen molar-refractivity contribution in [3.05, 3.63) is 69.6 Å². The molecular weight excluding hydrogens is 292 g/mol. The van der Waals surface area contributed by atoms with Crippen LogP contribution in [0.25, 0.3) is 16.7 Å². The quantitative estimate of drug-likeness (QED) is 0.790. The monoisotopic (exact) mass is 300 g/mol. The fourth-order valence-electron chi connectivity index (χ4n) is 2.11. The Balaban J connectivity index is 2.41. The molecule has 3 rings (SSSR count). The van der Waals surface area contributed by atoms with E-state index in [9.17, 15) is 14.7 Å². The number of aromatic carboxylic acids is 1. The van der Waals surface area contributed by atoms with Gasteiger partial charge in [-0.25, -0.2) is 9.78 Å². The lowest BCUT2D eigenvalue weighted by molar-refractivity contribution is 0.0695. The van der Waals surface area contributed by atoms with Gasteiger partial charge in [0.25, 0.3) is 0 Å². The first kappa shape index (κ1) is 13.3. The number of hydrogen-bond donors (Lipinski definition) is 1. The maximum Gasteiger partial charge on any atom is 0.341 e. The fraction of sp³-hybridized carbons (Fsp3) is 0. The van der Waals surface area contributed by atoms with E-state index in [0.717, 1.165) is 0 Å². The topological polar surface area (TPSA) is 72.2 Å². The van der Waals surface area contributed by atoms with Crippen LogP contribution in [0, 0.1) is 0 Å². The van der Waals surface area contributed by atoms with Crippen molar-refractivity contribution in [2.45, 2.75) is 0 Å². The molecule has 0 fully saturated rings. The first-order valence-corrected chi connectivity index (χ1v) is 6.45. The van der Waals surface area contributed by atoms with Crippen molar-refractivity contribution >= 4 is 28.6 Å². The maximum atomic E-state index is 12.2. The van der Waals surface area contributed by atoms with Gasteiger partial charge in [0.1, 0.15) is 11.2 Å². The number of hydrogen-bond acceptors (Lipinski definition) is 3. The number of nitrogens with zero attached hydrogens (tertiary/aromatic N) is 2. The van der Waals surface area contributed by atoms with Gasteiger partial charge in [-0.15, -0.1) is 0 Å². The lowest BCUT2D eigenvalue weighted by Gasteiger charge is -2.11. The van der Waals surface area contributed by atoms with E-state index in [0.29, 0.717) is 16.4 Å². The van der Waals surface area contributed by atoms with Crippen molar-refractivity contribution in [1.82, 2.24) is 9.55 Å². The normalized spacial score (nSPS) is 10.7. The van der Waals surface area contributed by atoms with Gasteiger partial charge in [-0.1, -0.05) is 11.6 Å². The Kier molecular flexibility index (Phi) is 3.19. The lowest BCUT2D eigenvalue weighted by atomic mass is 10.2. The molecule has 21 heavy (non-hydrogen) atoms. The van der Waals surface area contributed by atoms with Crippen molar-refractivity contribution < 1.29 is 9.90 Å². The van der Waals surface area contributed by atoms with Crippen molar-refractivity contribution in [1.29, 1.82) is 0 Å². The highest BCUT2D eigenvalue weighted by Crippen LogP contribution is 2.18. The van der Waals surface area contributed by atoms with Crippen molar-refractivity contribution in [2.24, 2.45) is 0 Å². The smallest absolute Gasteiger partial charge is 0.341 e. The highest BCUT2D eigenvalue weighted by atomic mass is 35.5. The van der Waals surface area contributed by atoms with Gasteiger partial charge in [-0.05, 0) is 36.4 Å². The molecule has 0 aliphatic rings. The molecule has 104 valence electrons. The predicted octanol–water partition coefficient (Wildman–Crippen LogP) is 2.74. The van der Waals surface area contributed by atoms with Gasteiger partial charge in [-0.2, -0.15) is 0 Å². The van der Waals surface area contributed by atoms with Crippen LogP contribution in [0.1, 0.15) is 10.4 Å². The van der Waals surface area contributed by atoms with Crippen LogP contribution < -0.4 is 5.43 Å². The third-order valence-corrected chi connectivity index (χ3v) is 3.35. The fourth-order valence-corrected chi connectivity index (χ4v) is 2.24. The molecule has 2 aromatic heterocycles. The number of aromatic nitrogens is 2. The first-order chi connectivity index (χ1) is 10.1. The number of carbonyl (C=O) groups is 1. The summed E-state index contributed by atoms with van der Waals surface area (Å²) in [5, 5.41) is 10.0. The summed E-state index contributed by atoms with van der Waals surface area (Å²) in [6, 6.07) is 9.98. The van der Waals surface area contributed by atoms with Gasteiger partial charge >= 0.3 is 5.97 Å². The average Bonchev–Trinajstić information content (AvgIpc) is 2.49. The first-order valence-electron chi connectivity index (χ1n) is 6.07. The van der Waals surface area contributed by atoms with Crippen molar-refractivity contribution in [3.63, 3.8) is 0 Å². The Morgan fingerprint density at radius 3 is 2.57 bits per heavy atom. The minimum absolute atomic E-state index is 0.257. The number of benzene rings is 1. The molecule has 0 saturated heterocycles. The second-order valence-corrected chi connectivity index (χ2v) is 4.83. The van der Waals surface area contributed by atoms with E-state index >= 15 is 0 Å². The van der Waals surface area contributed by atoms with Gasteiger partial charge < -0.3 is 9.67 Å². The summed E-state index contributed by atoms with van der Waals surface area (Å²) in [4.78, 5) is 27.6. The van der Waals surface area contributed by atoms with Crippen LogP contribution in [0.5, 0.6) is 0 Å². The minimum atomic E-state index is -1.27. The van der Waals surface area contributed by atoms with Crippen molar-refractivity contribution in [2.75, 3.05) is 0 Å². The van der Waals surface area contributed by atoms with Crippen LogP contribution in [-0.2, 0) is 0 Å². The van der Waals surface area contributed by atoms with Gasteiger partial charge in [0.2, 0.25) is 5.43 Å². The zero-order valence-corrected chi connectivity index (χ0v) is 11.4. The Morgan fingerprint density at radius 2 is 1.90 bits per heavy atom. The number of halogens is 1. The minimum Gasteiger partial charge on any atom is -0.477 e. The van der Waals surface area contributed by atoms with E-state index in [2.05, 4.69) is 4.98 Å². The van der Waals surface area contributed by atoms with Gasteiger partial charge in [0, 0.05) is 23.1 Å². The molecule has 1 N–H and O–H groups in total. The zero-order valence-electron chi connectivity index (χ0n) is 10.7. The molecule has 0 atom stereocenters. The Morgan fingerprint density at radius 1 is 1.19 bits per heavy atom. The molecule has 6 heteroatoms. The summed E-state index contributed by atoms with van der Waals surface area (Å²) in [5.74, 6) is -1.27. The van der Waals surface area contributed by atoms with E-state index in [4.69, 9.17) is 11.6 Å². The molecule has 2 heterocycles. The van der Waals surface area contributed by atoms with E-state index in [1.165, 1.54) is 6.20 Å². The molecule has 1 aromatic carbocycles. The molecule has 0 radical (unpaired) electrons. The van der Waals surface area contributed by atoms with E-state index in [-0.39, 0.29) is 10.9 Å². The summed E-state index contributed by atoms with van der Waals surface area (Å²) in [5.41, 5.74) is 0.224. The Labute approximate surface area is 124 Å². The molecule has 0 aliphatic heterocycles. The summed E-state index contributed by atoms with van der Waals surface area (Å²) < 4.78 is 1.57. The SMILES string of the molecule is O=C(O)c1cn(-c2ccc(Cl)cc2)c2ncccc2c1=O. The van der Waals surface area contributed by atoms with Crippen LogP contribution >= 0.6 is 11.6 Å². The molecule has 0 aliphatic carbocycles. The third kappa shape index (κ3) is 2.28. The molecular formula is C15H9ClN2O3. The van der Waals surface area contributed by atoms with E-state index in [1.54, 1.807) is 47.2 Å². The van der Waals surface area contributed by atoms with Gasteiger partial charge in [0.15, 0.2) is 0 Å². The molecule has 0 spiro atoms. The number of fused-ring (bicyclic) bond motifs is 1.